The number of carbonyl (C=O) groups excluding carboxylic acids is 1. The first kappa shape index (κ1) is 18.4. The van der Waals surface area contributed by atoms with Gasteiger partial charge in [-0.25, -0.2) is 4.90 Å². The SMILES string of the molecule is CCN(CC)C(=O)[C@@H](C)N(C#N)c1nc(OC)nc(N(C)C)n1. The number of amides is 1. The Morgan fingerprint density at radius 3 is 2.22 bits per heavy atom. The molecule has 0 bridgehead atoms. The summed E-state index contributed by atoms with van der Waals surface area (Å²) in [7, 11) is 4.96. The molecule has 0 aliphatic heterocycles. The summed E-state index contributed by atoms with van der Waals surface area (Å²) in [5.41, 5.74) is 0. The molecule has 1 aromatic rings. The van der Waals surface area contributed by atoms with Crippen LogP contribution in [0, 0.1) is 11.5 Å². The summed E-state index contributed by atoms with van der Waals surface area (Å²) in [6.45, 7) is 6.57. The minimum atomic E-state index is -0.720. The molecule has 0 N–H and O–H groups in total. The molecule has 0 fully saturated rings. The van der Waals surface area contributed by atoms with E-state index in [1.807, 2.05) is 20.0 Å². The quantitative estimate of drug-likeness (QED) is 0.528. The van der Waals surface area contributed by atoms with E-state index in [9.17, 15) is 10.1 Å². The molecular weight excluding hydrogens is 298 g/mol. The van der Waals surface area contributed by atoms with E-state index >= 15 is 0 Å². The standard InChI is InChI=1S/C14H23N7O2/c1-7-20(8-2)11(22)10(3)21(9-15)13-16-12(19(4)5)17-14(18-13)23-6/h10H,7-8H2,1-6H3/t10-/m1/s1. The van der Waals surface area contributed by atoms with E-state index in [0.717, 1.165) is 4.90 Å². The molecule has 126 valence electrons. The van der Waals surface area contributed by atoms with E-state index in [4.69, 9.17) is 4.74 Å². The average molecular weight is 321 g/mol. The normalized spacial score (nSPS) is 11.3. The average Bonchev–Trinajstić information content (AvgIpc) is 2.55. The van der Waals surface area contributed by atoms with Crippen molar-refractivity contribution in [2.45, 2.75) is 26.8 Å². The van der Waals surface area contributed by atoms with Crippen LogP contribution in [0.3, 0.4) is 0 Å². The van der Waals surface area contributed by atoms with Crippen molar-refractivity contribution in [1.29, 1.82) is 5.26 Å². The molecule has 0 aromatic carbocycles. The lowest BCUT2D eigenvalue weighted by molar-refractivity contribution is -0.131. The lowest BCUT2D eigenvalue weighted by atomic mass is 10.2. The number of carbonyl (C=O) groups is 1. The van der Waals surface area contributed by atoms with E-state index in [0.29, 0.717) is 19.0 Å². The number of anilines is 2. The maximum absolute atomic E-state index is 12.5. The van der Waals surface area contributed by atoms with Gasteiger partial charge in [0.1, 0.15) is 6.04 Å². The van der Waals surface area contributed by atoms with Gasteiger partial charge in [0.25, 0.3) is 0 Å². The van der Waals surface area contributed by atoms with Gasteiger partial charge in [0.2, 0.25) is 17.8 Å². The Bertz CT molecular complexity index is 581. The summed E-state index contributed by atoms with van der Waals surface area (Å²) in [4.78, 5) is 29.4. The highest BCUT2D eigenvalue weighted by atomic mass is 16.5. The zero-order valence-corrected chi connectivity index (χ0v) is 14.4. The molecular formula is C14H23N7O2. The highest BCUT2D eigenvalue weighted by molar-refractivity contribution is 5.85. The van der Waals surface area contributed by atoms with Gasteiger partial charge in [-0.15, -0.1) is 0 Å². The minimum Gasteiger partial charge on any atom is -0.467 e. The van der Waals surface area contributed by atoms with Crippen LogP contribution in [0.25, 0.3) is 0 Å². The van der Waals surface area contributed by atoms with Gasteiger partial charge in [0, 0.05) is 27.2 Å². The van der Waals surface area contributed by atoms with Gasteiger partial charge in [-0.1, -0.05) is 0 Å². The van der Waals surface area contributed by atoms with Gasteiger partial charge in [-0.05, 0) is 20.8 Å². The van der Waals surface area contributed by atoms with E-state index in [1.165, 1.54) is 7.11 Å². The molecule has 0 saturated carbocycles. The molecule has 0 aliphatic carbocycles. The molecule has 1 heterocycles. The Balaban J connectivity index is 3.22. The molecule has 1 rings (SSSR count). The van der Waals surface area contributed by atoms with Crippen molar-refractivity contribution in [2.75, 3.05) is 44.1 Å². The molecule has 0 radical (unpaired) electrons. The van der Waals surface area contributed by atoms with Crippen molar-refractivity contribution in [2.24, 2.45) is 0 Å². The van der Waals surface area contributed by atoms with E-state index in [-0.39, 0.29) is 17.9 Å². The van der Waals surface area contributed by atoms with E-state index < -0.39 is 6.04 Å². The minimum absolute atomic E-state index is 0.0797. The van der Waals surface area contributed by atoms with Crippen molar-refractivity contribution >= 4 is 17.8 Å². The lowest BCUT2D eigenvalue weighted by Gasteiger charge is -2.27. The summed E-state index contributed by atoms with van der Waals surface area (Å²) in [5.74, 6) is 0.257. The predicted molar refractivity (Wildman–Crippen MR) is 86.2 cm³/mol. The van der Waals surface area contributed by atoms with Crippen LogP contribution < -0.4 is 14.5 Å². The molecule has 1 aromatic heterocycles. The van der Waals surface area contributed by atoms with E-state index in [1.54, 1.807) is 30.8 Å². The highest BCUT2D eigenvalue weighted by Gasteiger charge is 2.28. The topological polar surface area (TPSA) is 98.5 Å². The van der Waals surface area contributed by atoms with Gasteiger partial charge < -0.3 is 14.5 Å². The van der Waals surface area contributed by atoms with Crippen LogP contribution >= 0.6 is 0 Å². The third kappa shape index (κ3) is 4.18. The Labute approximate surface area is 136 Å². The number of hydrogen-bond acceptors (Lipinski definition) is 8. The monoisotopic (exact) mass is 321 g/mol. The van der Waals surface area contributed by atoms with Crippen molar-refractivity contribution in [3.05, 3.63) is 0 Å². The number of ether oxygens (including phenoxy) is 1. The fourth-order valence-corrected chi connectivity index (χ4v) is 1.95. The number of rotatable bonds is 7. The van der Waals surface area contributed by atoms with E-state index in [2.05, 4.69) is 15.0 Å². The summed E-state index contributed by atoms with van der Waals surface area (Å²) in [6.07, 6.45) is 1.98. The zero-order valence-electron chi connectivity index (χ0n) is 14.4. The molecule has 0 aliphatic rings. The Kier molecular flexibility index (Phi) is 6.50. The van der Waals surface area contributed by atoms with Crippen LogP contribution in [0.15, 0.2) is 0 Å². The Morgan fingerprint density at radius 1 is 1.22 bits per heavy atom. The molecule has 0 saturated heterocycles. The van der Waals surface area contributed by atoms with Crippen LogP contribution in [0.2, 0.25) is 0 Å². The second-order valence-corrected chi connectivity index (χ2v) is 4.97. The van der Waals surface area contributed by atoms with Gasteiger partial charge >= 0.3 is 6.01 Å². The summed E-state index contributed by atoms with van der Waals surface area (Å²) in [6, 6.07) is -0.636. The number of likely N-dealkylation sites (N-methyl/N-ethyl adjacent to an activating group) is 1. The summed E-state index contributed by atoms with van der Waals surface area (Å²) < 4.78 is 5.05. The first-order valence-electron chi connectivity index (χ1n) is 7.34. The number of hydrogen-bond donors (Lipinski definition) is 0. The summed E-state index contributed by atoms with van der Waals surface area (Å²) >= 11 is 0. The lowest BCUT2D eigenvalue weighted by Crippen LogP contribution is -2.46. The Morgan fingerprint density at radius 2 is 1.78 bits per heavy atom. The maximum atomic E-state index is 12.5. The smallest absolute Gasteiger partial charge is 0.322 e. The summed E-state index contributed by atoms with van der Waals surface area (Å²) in [5, 5.41) is 9.47. The largest absolute Gasteiger partial charge is 0.467 e. The zero-order chi connectivity index (χ0) is 17.6. The molecule has 1 amide bonds. The predicted octanol–water partition coefficient (Wildman–Crippen LogP) is 0.491. The van der Waals surface area contributed by atoms with Crippen molar-refractivity contribution in [3.8, 4) is 12.2 Å². The van der Waals surface area contributed by atoms with Crippen LogP contribution in [0.1, 0.15) is 20.8 Å². The first-order chi connectivity index (χ1) is 10.9. The number of nitrogens with zero attached hydrogens (tertiary/aromatic N) is 7. The first-order valence-corrected chi connectivity index (χ1v) is 7.34. The second-order valence-electron chi connectivity index (χ2n) is 4.97. The number of methoxy groups -OCH3 is 1. The third-order valence-electron chi connectivity index (χ3n) is 3.32. The van der Waals surface area contributed by atoms with Crippen molar-refractivity contribution in [3.63, 3.8) is 0 Å². The van der Waals surface area contributed by atoms with Crippen LogP contribution in [-0.2, 0) is 4.79 Å². The fourth-order valence-electron chi connectivity index (χ4n) is 1.95. The van der Waals surface area contributed by atoms with Crippen LogP contribution in [0.4, 0.5) is 11.9 Å². The van der Waals surface area contributed by atoms with Crippen molar-refractivity contribution < 1.29 is 9.53 Å². The number of nitriles is 1. The third-order valence-corrected chi connectivity index (χ3v) is 3.32. The molecule has 9 heteroatoms. The van der Waals surface area contributed by atoms with Crippen LogP contribution in [-0.4, -0.2) is 66.1 Å². The number of aromatic nitrogens is 3. The molecule has 0 spiro atoms. The maximum Gasteiger partial charge on any atom is 0.322 e. The van der Waals surface area contributed by atoms with Gasteiger partial charge in [0.15, 0.2) is 6.19 Å². The van der Waals surface area contributed by atoms with Gasteiger partial charge in [-0.2, -0.15) is 20.2 Å². The second kappa shape index (κ2) is 8.12. The van der Waals surface area contributed by atoms with Gasteiger partial charge in [-0.3, -0.25) is 4.79 Å². The Hall–Kier alpha value is -2.63. The van der Waals surface area contributed by atoms with Gasteiger partial charge in [0.05, 0.1) is 7.11 Å². The molecule has 9 nitrogen and oxygen atoms in total. The molecule has 23 heavy (non-hydrogen) atoms. The molecule has 1 atom stereocenters. The molecule has 0 unspecified atom stereocenters. The van der Waals surface area contributed by atoms with Crippen molar-refractivity contribution in [1.82, 2.24) is 19.9 Å². The highest BCUT2D eigenvalue weighted by Crippen LogP contribution is 2.18. The van der Waals surface area contributed by atoms with Crippen LogP contribution in [0.5, 0.6) is 6.01 Å². The fraction of sp³-hybridized carbons (Fsp3) is 0.643.